The normalized spacial score (nSPS) is 11.1. The predicted molar refractivity (Wildman–Crippen MR) is 428 cm³/mol. The van der Waals surface area contributed by atoms with Crippen LogP contribution >= 0.6 is 0 Å². The number of hydrogen-bond acceptors (Lipinski definition) is 30. The van der Waals surface area contributed by atoms with E-state index in [9.17, 15) is 102 Å². The first-order valence-electron chi connectivity index (χ1n) is 36.4. The molecule has 0 saturated carbocycles. The fraction of sp³-hybridized carbons (Fsp3) is 0.356. The van der Waals surface area contributed by atoms with Crippen molar-refractivity contribution in [2.24, 2.45) is 0 Å². The molecule has 0 atom stereocenters. The Bertz CT molecular complexity index is 4440. The fourth-order valence-corrected chi connectivity index (χ4v) is 12.5. The van der Waals surface area contributed by atoms with E-state index in [0.717, 1.165) is 33.4 Å². The molecule has 0 aliphatic carbocycles. The highest BCUT2D eigenvalue weighted by molar-refractivity contribution is 6.05. The van der Waals surface area contributed by atoms with Gasteiger partial charge in [0.1, 0.15) is 57.5 Å². The van der Waals surface area contributed by atoms with Crippen molar-refractivity contribution in [3.63, 3.8) is 0 Å². The summed E-state index contributed by atoms with van der Waals surface area (Å²) in [5.41, 5.74) is 10.8. The number of carbonyl (C=O) groups excluding carboxylic acids is 2. The Morgan fingerprint density at radius 1 is 0.274 bits per heavy atom. The van der Waals surface area contributed by atoms with Crippen LogP contribution in [0.1, 0.15) is 203 Å². The molecule has 117 heavy (non-hydrogen) atoms. The highest BCUT2D eigenvalue weighted by Gasteiger charge is 2.29. The minimum Gasteiger partial charge on any atom is -0.507 e. The van der Waals surface area contributed by atoms with Crippen molar-refractivity contribution in [3.8, 4) is 68.6 Å². The number of phenolic OH excluding ortho intramolecular Hbond substituents is 2. The lowest BCUT2D eigenvalue weighted by Gasteiger charge is -2.29. The maximum Gasteiger partial charge on any atom is 0.163 e. The number of ketones is 2. The van der Waals surface area contributed by atoms with Crippen LogP contribution in [0.25, 0.3) is 11.1 Å². The maximum atomic E-state index is 11.9. The minimum atomic E-state index is -0.636. The fourth-order valence-electron chi connectivity index (χ4n) is 12.5. The average Bonchev–Trinajstić information content (AvgIpc) is 1.41. The van der Waals surface area contributed by atoms with Crippen molar-refractivity contribution in [3.05, 3.63) is 242 Å². The van der Waals surface area contributed by atoms with Crippen LogP contribution in [0.15, 0.2) is 97.1 Å². The Kier molecular flexibility index (Phi) is 38.9. The second-order valence-corrected chi connectivity index (χ2v) is 28.6. The van der Waals surface area contributed by atoms with Gasteiger partial charge in [-0.3, -0.25) is 9.59 Å². The summed E-state index contributed by atoms with van der Waals surface area (Å²) in [6, 6.07) is 26.5. The Labute approximate surface area is 676 Å². The molecule has 0 spiro atoms. The molecule has 30 heteroatoms. The van der Waals surface area contributed by atoms with Crippen molar-refractivity contribution in [2.75, 3.05) is 14.2 Å². The van der Waals surface area contributed by atoms with Gasteiger partial charge in [-0.25, -0.2) is 0 Å². The van der Waals surface area contributed by atoms with Crippen molar-refractivity contribution < 1.29 is 152 Å². The zero-order valence-corrected chi connectivity index (χ0v) is 66.9. The van der Waals surface area contributed by atoms with Gasteiger partial charge in [0, 0.05) is 120 Å². The molecular formula is C87H110O30. The molecule has 0 radical (unpaired) electrons. The lowest BCUT2D eigenvalue weighted by atomic mass is 9.76. The van der Waals surface area contributed by atoms with Crippen LogP contribution in [0.4, 0.5) is 0 Å². The van der Waals surface area contributed by atoms with Crippen LogP contribution in [-0.2, 0) is 146 Å². The number of hydrogen-bond donors (Lipinski definition) is 26. The number of benzene rings is 9. The summed E-state index contributed by atoms with van der Waals surface area (Å²) in [4.78, 5) is 23.7. The summed E-state index contributed by atoms with van der Waals surface area (Å²) in [6.07, 6.45) is 0.389. The highest BCUT2D eigenvalue weighted by Crippen LogP contribution is 2.42. The Hall–Kier alpha value is -10.4. The molecule has 0 aromatic heterocycles. The van der Waals surface area contributed by atoms with Crippen LogP contribution < -0.4 is 0 Å². The number of aryl methyl sites for hydroxylation is 1. The lowest BCUT2D eigenvalue weighted by molar-refractivity contribution is 0.101. The van der Waals surface area contributed by atoms with Crippen LogP contribution in [0.2, 0.25) is 0 Å². The summed E-state index contributed by atoms with van der Waals surface area (Å²) < 4.78 is 10.3. The Morgan fingerprint density at radius 3 is 0.701 bits per heavy atom. The monoisotopic (exact) mass is 1630 g/mol. The maximum absolute atomic E-state index is 11.9. The largest absolute Gasteiger partial charge is 0.507 e. The first-order chi connectivity index (χ1) is 55.3. The average molecular weight is 1640 g/mol. The molecular weight excluding hydrogens is 1520 g/mol. The summed E-state index contributed by atoms with van der Waals surface area (Å²) in [7, 11) is 3.04. The number of methoxy groups -OCH3 is 2. The van der Waals surface area contributed by atoms with E-state index in [1.807, 2.05) is 41.5 Å². The van der Waals surface area contributed by atoms with Gasteiger partial charge in [0.2, 0.25) is 0 Å². The standard InChI is InChI=1S/C20H22O6.C19H24O6.C17H20O6.C12H18O3.C10H14O6.C9H12O3/c1-11(21)17-7-14(8-18(12(2)22)20(17)24)13-5-15(9-25-3)19(23)16(6-13)10-26-4;1-19(2,15-3-11(7-20)17(24)12(4-15)8-21)16-5-13(9-22)18(25)14(6-16)10-23;18-6-12-2-10(3-13(7-19)16(12)22)1-11-4-14(8-20)17(23)15(5-11)9-21;1-12(2,3)10-4-8(6-13)11(15)9(5-10)7-14;11-1-5-6(2-12)10(16)8(4-14)7(3-13)9(5)15;1-6-2-7(4-10)9(12)8(3-6)5-11/h5-8,23-24H,9-10H2,1-4H3;3-6,20-25H,7-10H2,1-2H3;2-5,18-23H,1,6-9H2;4-5,13-15H,6-7H2,1-3H3;11-16H,1-4H2;2-3,10-12H,4-5H2,1H3. The van der Waals surface area contributed by atoms with Gasteiger partial charge in [-0.15, -0.1) is 0 Å². The first kappa shape index (κ1) is 99.0. The van der Waals surface area contributed by atoms with Gasteiger partial charge in [0.15, 0.2) is 11.6 Å². The molecule has 0 aliphatic rings. The second-order valence-electron chi connectivity index (χ2n) is 28.6. The van der Waals surface area contributed by atoms with Gasteiger partial charge in [-0.05, 0) is 156 Å². The van der Waals surface area contributed by atoms with Gasteiger partial charge in [-0.2, -0.15) is 0 Å². The second kappa shape index (κ2) is 45.9. The minimum absolute atomic E-state index is 0.00648. The van der Waals surface area contributed by atoms with Crippen molar-refractivity contribution in [2.45, 2.75) is 192 Å². The van der Waals surface area contributed by atoms with Gasteiger partial charge in [-0.1, -0.05) is 52.3 Å². The molecule has 0 unspecified atom stereocenters. The van der Waals surface area contributed by atoms with E-state index in [4.69, 9.17) is 50.3 Å². The van der Waals surface area contributed by atoms with E-state index in [1.165, 1.54) is 40.2 Å². The van der Waals surface area contributed by atoms with Crippen LogP contribution in [-0.4, -0.2) is 159 Å². The first-order valence-corrected chi connectivity index (χ1v) is 36.4. The van der Waals surface area contributed by atoms with Crippen LogP contribution in [0.3, 0.4) is 0 Å². The number of ether oxygens (including phenoxy) is 2. The summed E-state index contributed by atoms with van der Waals surface area (Å²) in [6.45, 7) is 8.68. The van der Waals surface area contributed by atoms with Gasteiger partial charge >= 0.3 is 0 Å². The zero-order valence-electron chi connectivity index (χ0n) is 66.9. The zero-order chi connectivity index (χ0) is 88.3. The molecule has 9 rings (SSSR count). The molecule has 0 bridgehead atoms. The van der Waals surface area contributed by atoms with E-state index in [0.29, 0.717) is 95.4 Å². The summed E-state index contributed by atoms with van der Waals surface area (Å²) in [5, 5.41) is 246. The third kappa shape index (κ3) is 24.8. The lowest BCUT2D eigenvalue weighted by Crippen LogP contribution is -2.20. The number of Topliss-reactive ketones (excluding diaryl/α,β-unsaturated/α-hetero) is 2. The number of aliphatic hydroxyl groups is 16. The third-order valence-corrected chi connectivity index (χ3v) is 19.2. The van der Waals surface area contributed by atoms with Crippen molar-refractivity contribution in [1.29, 1.82) is 0 Å². The van der Waals surface area contributed by atoms with Crippen molar-refractivity contribution >= 4 is 11.6 Å². The Morgan fingerprint density at radius 2 is 0.487 bits per heavy atom. The molecule has 9 aromatic carbocycles. The molecule has 9 aromatic rings. The van der Waals surface area contributed by atoms with E-state index >= 15 is 0 Å². The van der Waals surface area contributed by atoms with Gasteiger partial charge in [0.05, 0.1) is 130 Å². The number of carbonyl (C=O) groups is 2. The highest BCUT2D eigenvalue weighted by atomic mass is 16.5. The number of aromatic hydroxyl groups is 10. The number of rotatable bonds is 27. The van der Waals surface area contributed by atoms with E-state index in [2.05, 4.69) is 0 Å². The van der Waals surface area contributed by atoms with E-state index in [1.54, 1.807) is 84.9 Å². The quantitative estimate of drug-likeness (QED) is 0.0183. The van der Waals surface area contributed by atoms with Gasteiger partial charge in [0.25, 0.3) is 0 Å². The predicted octanol–water partition coefficient (Wildman–Crippen LogP) is 6.94. The molecule has 638 valence electrons. The Balaban J connectivity index is 0.000000301. The SMILES string of the molecule is CC(C)(C)c1cc(CO)c(O)c(CO)c1.CC(C)(c1cc(CO)c(O)c(CO)c1)c1cc(CO)c(O)c(CO)c1.COCc1cc(-c2cc(C(C)=O)c(O)c(C(C)=O)c2)cc(COC)c1O.Cc1cc(CO)c(O)c(CO)c1.OCc1c(O)c(CO)c(CO)c(O)c1CO.OCc1cc(Cc2cc(CO)c(O)c(CO)c2)cc(CO)c1O. The van der Waals surface area contributed by atoms with E-state index < -0.39 is 43.3 Å². The molecule has 26 N–H and O–H groups in total. The molecule has 0 amide bonds. The molecule has 0 heterocycles. The third-order valence-electron chi connectivity index (χ3n) is 19.2. The topological polar surface area (TPSA) is 579 Å². The summed E-state index contributed by atoms with van der Waals surface area (Å²) in [5.74, 6) is -2.32. The smallest absolute Gasteiger partial charge is 0.163 e. The van der Waals surface area contributed by atoms with Crippen molar-refractivity contribution in [1.82, 2.24) is 0 Å². The molecule has 0 fully saturated rings. The van der Waals surface area contributed by atoms with Crippen LogP contribution in [0, 0.1) is 6.92 Å². The van der Waals surface area contributed by atoms with E-state index in [-0.39, 0.29) is 189 Å². The molecule has 0 saturated heterocycles. The molecule has 0 aliphatic heterocycles. The number of phenols is 10. The summed E-state index contributed by atoms with van der Waals surface area (Å²) >= 11 is 0. The van der Waals surface area contributed by atoms with Gasteiger partial charge < -0.3 is 142 Å². The van der Waals surface area contributed by atoms with Crippen LogP contribution in [0.5, 0.6) is 57.5 Å². The number of aliphatic hydroxyl groups excluding tert-OH is 16. The molecule has 30 nitrogen and oxygen atoms in total.